The van der Waals surface area contributed by atoms with Crippen LogP contribution in [0.4, 0.5) is 11.4 Å². The van der Waals surface area contributed by atoms with Gasteiger partial charge in [-0.15, -0.1) is 12.4 Å². The van der Waals surface area contributed by atoms with Crippen LogP contribution in [0, 0.1) is 0 Å². The topological polar surface area (TPSA) is 83.4 Å². The van der Waals surface area contributed by atoms with Crippen molar-refractivity contribution in [2.75, 3.05) is 24.2 Å². The fourth-order valence-corrected chi connectivity index (χ4v) is 1.92. The molecule has 23 heavy (non-hydrogen) atoms. The first kappa shape index (κ1) is 18.7. The lowest BCUT2D eigenvalue weighted by atomic mass is 10.2. The molecule has 0 saturated heterocycles. The second-order valence-electron chi connectivity index (χ2n) is 4.80. The summed E-state index contributed by atoms with van der Waals surface area (Å²) in [5.74, 6) is -0.306. The molecule has 0 aliphatic heterocycles. The van der Waals surface area contributed by atoms with E-state index < -0.39 is 0 Å². The number of carbonyl (C=O) groups excluding carboxylic acids is 2. The Labute approximate surface area is 141 Å². The lowest BCUT2D eigenvalue weighted by Crippen LogP contribution is -2.15. The number of anilines is 2. The molecule has 2 amide bonds. The Morgan fingerprint density at radius 3 is 2.52 bits per heavy atom. The van der Waals surface area contributed by atoms with E-state index in [1.54, 1.807) is 30.3 Å². The van der Waals surface area contributed by atoms with Gasteiger partial charge in [-0.2, -0.15) is 0 Å². The molecular formula is C16H20ClN3O3. The van der Waals surface area contributed by atoms with Gasteiger partial charge in [0.1, 0.15) is 6.26 Å². The third-order valence-corrected chi connectivity index (χ3v) is 3.02. The fraction of sp³-hybridized carbons (Fsp3) is 0.250. The van der Waals surface area contributed by atoms with Crippen molar-refractivity contribution in [3.05, 3.63) is 48.4 Å². The molecule has 7 heteroatoms. The third kappa shape index (κ3) is 6.14. The summed E-state index contributed by atoms with van der Waals surface area (Å²) in [7, 11) is 1.85. The molecule has 0 atom stereocenters. The highest BCUT2D eigenvalue weighted by atomic mass is 35.5. The zero-order valence-electron chi connectivity index (χ0n) is 12.8. The van der Waals surface area contributed by atoms with Crippen molar-refractivity contribution < 1.29 is 14.0 Å². The summed E-state index contributed by atoms with van der Waals surface area (Å²) in [6, 6.07) is 8.61. The number of amides is 2. The Morgan fingerprint density at radius 2 is 1.87 bits per heavy atom. The smallest absolute Gasteiger partial charge is 0.258 e. The zero-order chi connectivity index (χ0) is 15.8. The number of nitrogens with one attached hydrogen (secondary N) is 3. The quantitative estimate of drug-likeness (QED) is 0.678. The van der Waals surface area contributed by atoms with Gasteiger partial charge in [0.05, 0.1) is 11.8 Å². The van der Waals surface area contributed by atoms with Crippen molar-refractivity contribution >= 4 is 35.6 Å². The van der Waals surface area contributed by atoms with Gasteiger partial charge in [-0.1, -0.05) is 6.07 Å². The van der Waals surface area contributed by atoms with Crippen LogP contribution in [0.1, 0.15) is 23.2 Å². The molecule has 6 nitrogen and oxygen atoms in total. The average molecular weight is 338 g/mol. The van der Waals surface area contributed by atoms with Gasteiger partial charge < -0.3 is 20.4 Å². The lowest BCUT2D eigenvalue weighted by Gasteiger charge is -2.08. The van der Waals surface area contributed by atoms with Crippen molar-refractivity contribution in [3.63, 3.8) is 0 Å². The molecule has 1 heterocycles. The average Bonchev–Trinajstić information content (AvgIpc) is 3.02. The zero-order valence-corrected chi connectivity index (χ0v) is 13.6. The molecular weight excluding hydrogens is 318 g/mol. The molecule has 0 unspecified atom stereocenters. The molecule has 0 fully saturated rings. The van der Waals surface area contributed by atoms with Crippen molar-refractivity contribution in [3.8, 4) is 0 Å². The van der Waals surface area contributed by atoms with Crippen molar-refractivity contribution in [1.29, 1.82) is 0 Å². The Kier molecular flexibility index (Phi) is 7.87. The fourth-order valence-electron chi connectivity index (χ4n) is 1.92. The Hall–Kier alpha value is -2.31. The summed E-state index contributed by atoms with van der Waals surface area (Å²) < 4.78 is 4.87. The number of hydrogen-bond donors (Lipinski definition) is 3. The van der Waals surface area contributed by atoms with E-state index in [0.717, 1.165) is 13.0 Å². The largest absolute Gasteiger partial charge is 0.472 e. The Morgan fingerprint density at radius 1 is 1.13 bits per heavy atom. The molecule has 0 aliphatic rings. The summed E-state index contributed by atoms with van der Waals surface area (Å²) in [6.07, 6.45) is 4.05. The van der Waals surface area contributed by atoms with Crippen LogP contribution < -0.4 is 16.0 Å². The molecule has 2 aromatic rings. The van der Waals surface area contributed by atoms with E-state index in [0.29, 0.717) is 23.4 Å². The second kappa shape index (κ2) is 9.66. The molecule has 0 spiro atoms. The molecule has 0 aliphatic carbocycles. The van der Waals surface area contributed by atoms with E-state index in [4.69, 9.17) is 4.42 Å². The van der Waals surface area contributed by atoms with Gasteiger partial charge in [0.15, 0.2) is 0 Å². The van der Waals surface area contributed by atoms with Crippen LogP contribution in [0.25, 0.3) is 0 Å². The number of halogens is 1. The summed E-state index contributed by atoms with van der Waals surface area (Å²) in [5, 5.41) is 8.56. The van der Waals surface area contributed by atoms with Crippen molar-refractivity contribution in [2.24, 2.45) is 0 Å². The summed E-state index contributed by atoms with van der Waals surface area (Å²) >= 11 is 0. The number of carbonyl (C=O) groups is 2. The van der Waals surface area contributed by atoms with E-state index in [9.17, 15) is 9.59 Å². The summed E-state index contributed by atoms with van der Waals surface area (Å²) in [6.45, 7) is 0.800. The van der Waals surface area contributed by atoms with E-state index in [-0.39, 0.29) is 24.2 Å². The van der Waals surface area contributed by atoms with E-state index in [1.165, 1.54) is 12.5 Å². The third-order valence-electron chi connectivity index (χ3n) is 3.02. The summed E-state index contributed by atoms with van der Waals surface area (Å²) in [5.41, 5.74) is 1.71. The standard InChI is InChI=1S/C16H19N3O3.ClH/c1-17-8-3-6-15(20)18-13-4-2-5-14(10-13)19-16(21)12-7-9-22-11-12;/h2,4-5,7,9-11,17H,3,6,8H2,1H3,(H,18,20)(H,19,21);1H. The SMILES string of the molecule is CNCCCC(=O)Nc1cccc(NC(=O)c2ccoc2)c1.Cl. The van der Waals surface area contributed by atoms with Gasteiger partial charge in [-0.25, -0.2) is 0 Å². The number of hydrogen-bond acceptors (Lipinski definition) is 4. The number of furan rings is 1. The van der Waals surface area contributed by atoms with Gasteiger partial charge in [0.25, 0.3) is 5.91 Å². The maximum atomic E-state index is 11.9. The van der Waals surface area contributed by atoms with E-state index in [2.05, 4.69) is 16.0 Å². The molecule has 1 aromatic heterocycles. The van der Waals surface area contributed by atoms with Crippen LogP contribution in [0.15, 0.2) is 47.3 Å². The second-order valence-corrected chi connectivity index (χ2v) is 4.80. The minimum absolute atomic E-state index is 0. The molecule has 3 N–H and O–H groups in total. The predicted molar refractivity (Wildman–Crippen MR) is 92.1 cm³/mol. The number of rotatable bonds is 7. The monoisotopic (exact) mass is 337 g/mol. The van der Waals surface area contributed by atoms with E-state index >= 15 is 0 Å². The predicted octanol–water partition coefficient (Wildman–Crippen LogP) is 2.89. The molecule has 124 valence electrons. The van der Waals surface area contributed by atoms with Gasteiger partial charge in [0.2, 0.25) is 5.91 Å². The molecule has 0 radical (unpaired) electrons. The first-order chi connectivity index (χ1) is 10.7. The maximum Gasteiger partial charge on any atom is 0.258 e. The Bertz CT molecular complexity index is 629. The van der Waals surface area contributed by atoms with Gasteiger partial charge in [0, 0.05) is 17.8 Å². The highest BCUT2D eigenvalue weighted by molar-refractivity contribution is 6.04. The van der Waals surface area contributed by atoms with Crippen LogP contribution >= 0.6 is 12.4 Å². The molecule has 1 aromatic carbocycles. The molecule has 0 saturated carbocycles. The van der Waals surface area contributed by atoms with Crippen molar-refractivity contribution in [2.45, 2.75) is 12.8 Å². The van der Waals surface area contributed by atoms with Crippen LogP contribution in [0.5, 0.6) is 0 Å². The maximum absolute atomic E-state index is 11.9. The van der Waals surface area contributed by atoms with Crippen LogP contribution in [0.2, 0.25) is 0 Å². The minimum Gasteiger partial charge on any atom is -0.472 e. The van der Waals surface area contributed by atoms with Gasteiger partial charge >= 0.3 is 0 Å². The van der Waals surface area contributed by atoms with Gasteiger partial charge in [-0.05, 0) is 44.3 Å². The first-order valence-electron chi connectivity index (χ1n) is 7.07. The van der Waals surface area contributed by atoms with E-state index in [1.807, 2.05) is 7.05 Å². The highest BCUT2D eigenvalue weighted by Crippen LogP contribution is 2.16. The molecule has 2 rings (SSSR count). The minimum atomic E-state index is -0.258. The summed E-state index contributed by atoms with van der Waals surface area (Å²) in [4.78, 5) is 23.7. The first-order valence-corrected chi connectivity index (χ1v) is 7.07. The lowest BCUT2D eigenvalue weighted by molar-refractivity contribution is -0.116. The van der Waals surface area contributed by atoms with Crippen LogP contribution in [-0.4, -0.2) is 25.4 Å². The Balaban J connectivity index is 0.00000264. The number of benzene rings is 1. The van der Waals surface area contributed by atoms with Crippen LogP contribution in [-0.2, 0) is 4.79 Å². The normalized spacial score (nSPS) is 9.78. The molecule has 0 bridgehead atoms. The van der Waals surface area contributed by atoms with Gasteiger partial charge in [-0.3, -0.25) is 9.59 Å². The highest BCUT2D eigenvalue weighted by Gasteiger charge is 2.08. The van der Waals surface area contributed by atoms with Crippen molar-refractivity contribution in [1.82, 2.24) is 5.32 Å². The van der Waals surface area contributed by atoms with Crippen LogP contribution in [0.3, 0.4) is 0 Å².